The Hall–Kier alpha value is -1.71. The van der Waals surface area contributed by atoms with Gasteiger partial charge in [0.1, 0.15) is 6.29 Å². The molecule has 3 heteroatoms. The van der Waals surface area contributed by atoms with Crippen molar-refractivity contribution in [2.75, 3.05) is 0 Å². The number of carbonyl (C=O) groups excluding carboxylic acids is 1. The van der Waals surface area contributed by atoms with Crippen molar-refractivity contribution < 1.29 is 9.22 Å². The summed E-state index contributed by atoms with van der Waals surface area (Å²) in [7, 11) is -2.46. The van der Waals surface area contributed by atoms with Gasteiger partial charge in [0, 0.05) is 12.0 Å². The SMILES string of the molecule is CC(C)(C)[Si](O[C@H]1CC[C@@H](C=O)CC1)(c1ccccc1)c1ccccc1. The Kier molecular flexibility index (Phi) is 5.78. The van der Waals surface area contributed by atoms with Crippen molar-refractivity contribution in [2.45, 2.75) is 57.6 Å². The van der Waals surface area contributed by atoms with E-state index in [9.17, 15) is 4.79 Å². The Bertz CT molecular complexity index is 658. The van der Waals surface area contributed by atoms with Gasteiger partial charge < -0.3 is 9.22 Å². The van der Waals surface area contributed by atoms with Crippen molar-refractivity contribution in [1.29, 1.82) is 0 Å². The largest absolute Gasteiger partial charge is 0.404 e. The Morgan fingerprint density at radius 1 is 0.846 bits per heavy atom. The molecule has 0 atom stereocenters. The molecule has 0 bridgehead atoms. The fourth-order valence-corrected chi connectivity index (χ4v) is 9.03. The third-order valence-electron chi connectivity index (χ3n) is 5.67. The summed E-state index contributed by atoms with van der Waals surface area (Å²) in [5.41, 5.74) is 0. The lowest BCUT2D eigenvalue weighted by Gasteiger charge is -2.46. The summed E-state index contributed by atoms with van der Waals surface area (Å²) in [6.45, 7) is 6.95. The minimum absolute atomic E-state index is 0.0111. The Morgan fingerprint density at radius 2 is 1.31 bits per heavy atom. The van der Waals surface area contributed by atoms with Crippen molar-refractivity contribution in [3.63, 3.8) is 0 Å². The summed E-state index contributed by atoms with van der Waals surface area (Å²) in [5, 5.41) is 2.67. The lowest BCUT2D eigenvalue weighted by Crippen LogP contribution is -2.67. The van der Waals surface area contributed by atoms with Crippen LogP contribution in [0.15, 0.2) is 60.7 Å². The fourth-order valence-electron chi connectivity index (χ4n) is 4.28. The molecule has 0 N–H and O–H groups in total. The molecule has 1 saturated carbocycles. The predicted octanol–water partition coefficient (Wildman–Crippen LogP) is 4.32. The number of benzene rings is 2. The maximum Gasteiger partial charge on any atom is 0.261 e. The van der Waals surface area contributed by atoms with E-state index in [2.05, 4.69) is 81.4 Å². The van der Waals surface area contributed by atoms with Crippen LogP contribution in [0.3, 0.4) is 0 Å². The maximum absolute atomic E-state index is 11.1. The molecular weight excluding hydrogens is 336 g/mol. The van der Waals surface area contributed by atoms with Crippen LogP contribution in [-0.4, -0.2) is 20.7 Å². The molecule has 0 aliphatic heterocycles. The minimum Gasteiger partial charge on any atom is -0.404 e. The summed E-state index contributed by atoms with van der Waals surface area (Å²) in [5.74, 6) is 0.217. The van der Waals surface area contributed by atoms with E-state index in [-0.39, 0.29) is 17.1 Å². The standard InChI is InChI=1S/C23H30O2Si/c1-23(2,3)26(21-10-6-4-7-11-21,22-12-8-5-9-13-22)25-20-16-14-19(18-24)15-17-20/h4-13,18-20H,14-17H2,1-3H3/t19-,20+. The van der Waals surface area contributed by atoms with Gasteiger partial charge in [0.2, 0.25) is 0 Å². The molecule has 1 aliphatic rings. The Morgan fingerprint density at radius 3 is 1.69 bits per heavy atom. The van der Waals surface area contributed by atoms with Crippen LogP contribution in [0.1, 0.15) is 46.5 Å². The normalized spacial score (nSPS) is 21.3. The van der Waals surface area contributed by atoms with Crippen LogP contribution in [0.25, 0.3) is 0 Å². The molecule has 2 aromatic carbocycles. The molecule has 138 valence electrons. The molecule has 0 heterocycles. The van der Waals surface area contributed by atoms with Crippen LogP contribution < -0.4 is 10.4 Å². The highest BCUT2D eigenvalue weighted by Crippen LogP contribution is 2.39. The molecule has 0 unspecified atom stereocenters. The van der Waals surface area contributed by atoms with Gasteiger partial charge in [0.05, 0.1) is 0 Å². The smallest absolute Gasteiger partial charge is 0.261 e. The first-order valence-electron chi connectivity index (χ1n) is 9.71. The topological polar surface area (TPSA) is 26.3 Å². The van der Waals surface area contributed by atoms with Crippen LogP contribution in [0, 0.1) is 5.92 Å². The molecule has 0 radical (unpaired) electrons. The van der Waals surface area contributed by atoms with Crippen molar-refractivity contribution in [1.82, 2.24) is 0 Å². The Balaban J connectivity index is 2.05. The summed E-state index contributed by atoms with van der Waals surface area (Å²) in [6.07, 6.45) is 5.22. The predicted molar refractivity (Wildman–Crippen MR) is 111 cm³/mol. The zero-order chi connectivity index (χ0) is 18.6. The number of rotatable bonds is 5. The molecule has 3 rings (SSSR count). The molecular formula is C23H30O2Si. The molecule has 2 nitrogen and oxygen atoms in total. The van der Waals surface area contributed by atoms with Crippen molar-refractivity contribution in [3.8, 4) is 0 Å². The highest BCUT2D eigenvalue weighted by molar-refractivity contribution is 6.99. The van der Waals surface area contributed by atoms with Gasteiger partial charge in [0.25, 0.3) is 8.32 Å². The van der Waals surface area contributed by atoms with Crippen LogP contribution in [0.5, 0.6) is 0 Å². The monoisotopic (exact) mass is 366 g/mol. The van der Waals surface area contributed by atoms with E-state index >= 15 is 0 Å². The van der Waals surface area contributed by atoms with E-state index in [0.29, 0.717) is 0 Å². The van der Waals surface area contributed by atoms with Gasteiger partial charge in [-0.2, -0.15) is 0 Å². The second-order valence-electron chi connectivity index (χ2n) is 8.45. The third kappa shape index (κ3) is 3.69. The van der Waals surface area contributed by atoms with Gasteiger partial charge in [-0.1, -0.05) is 81.4 Å². The quantitative estimate of drug-likeness (QED) is 0.582. The average Bonchev–Trinajstić information content (AvgIpc) is 2.67. The lowest BCUT2D eigenvalue weighted by molar-refractivity contribution is -0.112. The fraction of sp³-hybridized carbons (Fsp3) is 0.435. The van der Waals surface area contributed by atoms with E-state index in [1.807, 2.05) is 0 Å². The zero-order valence-corrected chi connectivity index (χ0v) is 17.2. The molecule has 2 aromatic rings. The van der Waals surface area contributed by atoms with E-state index in [1.54, 1.807) is 0 Å². The van der Waals surface area contributed by atoms with Gasteiger partial charge in [-0.05, 0) is 41.1 Å². The highest BCUT2D eigenvalue weighted by Gasteiger charge is 2.51. The number of hydrogen-bond donors (Lipinski definition) is 0. The average molecular weight is 367 g/mol. The molecule has 0 amide bonds. The van der Waals surface area contributed by atoms with E-state index in [1.165, 1.54) is 10.4 Å². The summed E-state index contributed by atoms with van der Waals surface area (Å²) in [4.78, 5) is 11.1. The van der Waals surface area contributed by atoms with Crippen LogP contribution >= 0.6 is 0 Å². The summed E-state index contributed by atoms with van der Waals surface area (Å²) in [6, 6.07) is 21.6. The molecule has 0 spiro atoms. The minimum atomic E-state index is -2.46. The number of carbonyl (C=O) groups is 1. The van der Waals surface area contributed by atoms with E-state index in [0.717, 1.165) is 32.0 Å². The van der Waals surface area contributed by atoms with Crippen molar-refractivity contribution in [3.05, 3.63) is 60.7 Å². The molecule has 1 aliphatic carbocycles. The Labute approximate surface area is 158 Å². The molecule has 26 heavy (non-hydrogen) atoms. The van der Waals surface area contributed by atoms with Crippen LogP contribution in [0.4, 0.5) is 0 Å². The number of aldehydes is 1. The second kappa shape index (κ2) is 7.89. The molecule has 0 saturated heterocycles. The van der Waals surface area contributed by atoms with Crippen LogP contribution in [0.2, 0.25) is 5.04 Å². The van der Waals surface area contributed by atoms with Gasteiger partial charge in [-0.25, -0.2) is 0 Å². The van der Waals surface area contributed by atoms with E-state index < -0.39 is 8.32 Å². The first-order chi connectivity index (χ1) is 12.5. The molecule has 0 aromatic heterocycles. The van der Waals surface area contributed by atoms with E-state index in [4.69, 9.17) is 4.43 Å². The summed E-state index contributed by atoms with van der Waals surface area (Å²) >= 11 is 0. The first-order valence-corrected chi connectivity index (χ1v) is 11.6. The number of hydrogen-bond acceptors (Lipinski definition) is 2. The highest BCUT2D eigenvalue weighted by atomic mass is 28.4. The molecule has 1 fully saturated rings. The third-order valence-corrected chi connectivity index (χ3v) is 10.8. The summed E-state index contributed by atoms with van der Waals surface area (Å²) < 4.78 is 7.13. The van der Waals surface area contributed by atoms with Crippen molar-refractivity contribution in [2.24, 2.45) is 5.92 Å². The van der Waals surface area contributed by atoms with Gasteiger partial charge >= 0.3 is 0 Å². The maximum atomic E-state index is 11.1. The van der Waals surface area contributed by atoms with Crippen molar-refractivity contribution >= 4 is 25.0 Å². The van der Waals surface area contributed by atoms with Gasteiger partial charge in [0.15, 0.2) is 0 Å². The van der Waals surface area contributed by atoms with Gasteiger partial charge in [-0.15, -0.1) is 0 Å². The van der Waals surface area contributed by atoms with Gasteiger partial charge in [-0.3, -0.25) is 0 Å². The zero-order valence-electron chi connectivity index (χ0n) is 16.2. The first kappa shape index (κ1) is 19.1. The second-order valence-corrected chi connectivity index (χ2v) is 12.7. The van der Waals surface area contributed by atoms with Crippen LogP contribution in [-0.2, 0) is 9.22 Å². The lowest BCUT2D eigenvalue weighted by atomic mass is 9.89.